The minimum atomic E-state index is -0.426. The van der Waals surface area contributed by atoms with Crippen LogP contribution in [0.15, 0.2) is 11.3 Å². The molecule has 2 aliphatic rings. The van der Waals surface area contributed by atoms with Gasteiger partial charge in [-0.05, 0) is 39.0 Å². The Hall–Kier alpha value is -1.40. The maximum atomic E-state index is 12.1. The van der Waals surface area contributed by atoms with E-state index in [4.69, 9.17) is 4.74 Å². The average molecular weight is 295 g/mol. The monoisotopic (exact) mass is 295 g/mol. The van der Waals surface area contributed by atoms with Crippen LogP contribution in [0.2, 0.25) is 0 Å². The summed E-state index contributed by atoms with van der Waals surface area (Å²) in [6, 6.07) is 0.965. The molecule has 0 bridgehead atoms. The Kier molecular flexibility index (Phi) is 5.36. The van der Waals surface area contributed by atoms with Gasteiger partial charge in [0.2, 0.25) is 0 Å². The van der Waals surface area contributed by atoms with Crippen molar-refractivity contribution in [2.45, 2.75) is 51.1 Å². The van der Waals surface area contributed by atoms with E-state index in [1.165, 1.54) is 17.9 Å². The fourth-order valence-electron chi connectivity index (χ4n) is 2.74. The number of nitrogens with one attached hydrogen (secondary N) is 1. The van der Waals surface area contributed by atoms with Gasteiger partial charge in [-0.25, -0.2) is 14.8 Å². The Morgan fingerprint density at radius 1 is 1.33 bits per heavy atom. The van der Waals surface area contributed by atoms with Crippen molar-refractivity contribution in [1.82, 2.24) is 15.3 Å². The molecular formula is C15H25N3O3. The van der Waals surface area contributed by atoms with Crippen LogP contribution in [0.5, 0.6) is 0 Å². The third-order valence-electron chi connectivity index (χ3n) is 3.85. The Bertz CT molecular complexity index is 430. The lowest BCUT2D eigenvalue weighted by Gasteiger charge is -2.35. The zero-order valence-corrected chi connectivity index (χ0v) is 13.1. The number of hydrazine groups is 1. The van der Waals surface area contributed by atoms with Gasteiger partial charge < -0.3 is 10.1 Å². The van der Waals surface area contributed by atoms with Gasteiger partial charge in [-0.1, -0.05) is 0 Å². The van der Waals surface area contributed by atoms with E-state index in [-0.39, 0.29) is 0 Å². The first kappa shape index (κ1) is 16.0. The van der Waals surface area contributed by atoms with Gasteiger partial charge in [-0.2, -0.15) is 0 Å². The SMILES string of the molecule is CCOC(=O)N(C1=C(C=O)CC(NC2CC2)CC1)N(C)C. The molecular weight excluding hydrogens is 270 g/mol. The van der Waals surface area contributed by atoms with E-state index in [9.17, 15) is 9.59 Å². The topological polar surface area (TPSA) is 61.9 Å². The molecule has 0 aromatic heterocycles. The Morgan fingerprint density at radius 3 is 2.57 bits per heavy atom. The molecule has 2 rings (SSSR count). The molecule has 1 saturated carbocycles. The highest BCUT2D eigenvalue weighted by molar-refractivity contribution is 5.78. The van der Waals surface area contributed by atoms with Crippen LogP contribution < -0.4 is 5.32 Å². The second-order valence-corrected chi connectivity index (χ2v) is 5.83. The Morgan fingerprint density at radius 2 is 2.05 bits per heavy atom. The van der Waals surface area contributed by atoms with Gasteiger partial charge in [-0.15, -0.1) is 0 Å². The lowest BCUT2D eigenvalue weighted by molar-refractivity contribution is -0.105. The molecule has 0 radical (unpaired) electrons. The first-order valence-electron chi connectivity index (χ1n) is 7.64. The lowest BCUT2D eigenvalue weighted by Crippen LogP contribution is -2.44. The molecule has 1 N–H and O–H groups in total. The summed E-state index contributed by atoms with van der Waals surface area (Å²) >= 11 is 0. The predicted molar refractivity (Wildman–Crippen MR) is 79.4 cm³/mol. The molecule has 0 spiro atoms. The van der Waals surface area contributed by atoms with Crippen LogP contribution in [-0.4, -0.2) is 55.2 Å². The highest BCUT2D eigenvalue weighted by atomic mass is 16.6. The van der Waals surface area contributed by atoms with E-state index in [0.717, 1.165) is 18.4 Å². The average Bonchev–Trinajstić information content (AvgIpc) is 3.24. The van der Waals surface area contributed by atoms with Gasteiger partial charge in [0.25, 0.3) is 0 Å². The fourth-order valence-corrected chi connectivity index (χ4v) is 2.74. The number of aldehydes is 1. The van der Waals surface area contributed by atoms with E-state index in [2.05, 4.69) is 5.32 Å². The summed E-state index contributed by atoms with van der Waals surface area (Å²) in [6.45, 7) is 2.09. The lowest BCUT2D eigenvalue weighted by atomic mass is 9.92. The van der Waals surface area contributed by atoms with E-state index >= 15 is 0 Å². The molecule has 6 heteroatoms. The van der Waals surface area contributed by atoms with Gasteiger partial charge in [-0.3, -0.25) is 4.79 Å². The molecule has 0 aromatic rings. The standard InChI is InChI=1S/C15H25N3O3/c1-4-21-15(20)18(17(2)3)14-8-7-13(9-11(14)10-19)16-12-5-6-12/h10,12-13,16H,4-9H2,1-3H3. The molecule has 118 valence electrons. The van der Waals surface area contributed by atoms with Gasteiger partial charge in [0.05, 0.1) is 6.61 Å². The van der Waals surface area contributed by atoms with E-state index in [0.29, 0.717) is 37.1 Å². The molecule has 1 amide bonds. The molecule has 1 unspecified atom stereocenters. The van der Waals surface area contributed by atoms with Crippen LogP contribution in [0.1, 0.15) is 39.0 Å². The largest absolute Gasteiger partial charge is 0.449 e. The highest BCUT2D eigenvalue weighted by Crippen LogP contribution is 2.30. The first-order chi connectivity index (χ1) is 10.1. The second-order valence-electron chi connectivity index (χ2n) is 5.83. The maximum absolute atomic E-state index is 12.1. The van der Waals surface area contributed by atoms with Crippen LogP contribution in [0, 0.1) is 0 Å². The Balaban J connectivity index is 2.14. The molecule has 2 aliphatic carbocycles. The molecule has 6 nitrogen and oxygen atoms in total. The highest BCUT2D eigenvalue weighted by Gasteiger charge is 2.32. The molecule has 0 aliphatic heterocycles. The van der Waals surface area contributed by atoms with Gasteiger partial charge >= 0.3 is 6.09 Å². The summed E-state index contributed by atoms with van der Waals surface area (Å²) in [7, 11) is 3.56. The summed E-state index contributed by atoms with van der Waals surface area (Å²) in [6.07, 6.45) is 5.24. The zero-order chi connectivity index (χ0) is 15.4. The summed E-state index contributed by atoms with van der Waals surface area (Å²) in [5, 5.41) is 6.70. The van der Waals surface area contributed by atoms with Crippen molar-refractivity contribution in [3.8, 4) is 0 Å². The third kappa shape index (κ3) is 4.04. The van der Waals surface area contributed by atoms with Crippen LogP contribution in [0.4, 0.5) is 4.79 Å². The number of ether oxygens (including phenoxy) is 1. The van der Waals surface area contributed by atoms with Crippen molar-refractivity contribution >= 4 is 12.4 Å². The minimum Gasteiger partial charge on any atom is -0.449 e. The molecule has 21 heavy (non-hydrogen) atoms. The van der Waals surface area contributed by atoms with Crippen molar-refractivity contribution in [2.75, 3.05) is 20.7 Å². The predicted octanol–water partition coefficient (Wildman–Crippen LogP) is 1.68. The summed E-state index contributed by atoms with van der Waals surface area (Å²) in [5.41, 5.74) is 1.46. The van der Waals surface area contributed by atoms with Crippen LogP contribution >= 0.6 is 0 Å². The summed E-state index contributed by atoms with van der Waals surface area (Å²) in [5.74, 6) is 0. The van der Waals surface area contributed by atoms with E-state index in [1.807, 2.05) is 0 Å². The normalized spacial score (nSPS) is 22.4. The first-order valence-corrected chi connectivity index (χ1v) is 7.64. The number of amides is 1. The maximum Gasteiger partial charge on any atom is 0.428 e. The molecule has 1 fully saturated rings. The molecule has 0 aromatic carbocycles. The quantitative estimate of drug-likeness (QED) is 0.597. The smallest absolute Gasteiger partial charge is 0.428 e. The number of hydrogen-bond donors (Lipinski definition) is 1. The number of carbonyl (C=O) groups is 2. The number of hydrogen-bond acceptors (Lipinski definition) is 5. The van der Waals surface area contributed by atoms with Crippen molar-refractivity contribution in [3.63, 3.8) is 0 Å². The summed E-state index contributed by atoms with van der Waals surface area (Å²) < 4.78 is 5.09. The second kappa shape index (κ2) is 7.04. The molecule has 1 atom stereocenters. The van der Waals surface area contributed by atoms with Crippen molar-refractivity contribution in [2.24, 2.45) is 0 Å². The van der Waals surface area contributed by atoms with Crippen LogP contribution in [-0.2, 0) is 9.53 Å². The van der Waals surface area contributed by atoms with Crippen molar-refractivity contribution in [3.05, 3.63) is 11.3 Å². The fraction of sp³-hybridized carbons (Fsp3) is 0.733. The number of allylic oxidation sites excluding steroid dienone is 1. The van der Waals surface area contributed by atoms with Crippen molar-refractivity contribution in [1.29, 1.82) is 0 Å². The molecule has 0 heterocycles. The van der Waals surface area contributed by atoms with Crippen LogP contribution in [0.25, 0.3) is 0 Å². The zero-order valence-electron chi connectivity index (χ0n) is 13.1. The number of rotatable bonds is 6. The van der Waals surface area contributed by atoms with Gasteiger partial charge in [0.1, 0.15) is 6.29 Å². The third-order valence-corrected chi connectivity index (χ3v) is 3.85. The van der Waals surface area contributed by atoms with E-state index in [1.54, 1.807) is 26.0 Å². The van der Waals surface area contributed by atoms with Crippen LogP contribution in [0.3, 0.4) is 0 Å². The number of nitrogens with zero attached hydrogens (tertiary/aromatic N) is 2. The van der Waals surface area contributed by atoms with Gasteiger partial charge in [0, 0.05) is 37.4 Å². The van der Waals surface area contributed by atoms with E-state index < -0.39 is 6.09 Å². The number of carbonyl (C=O) groups excluding carboxylic acids is 2. The van der Waals surface area contributed by atoms with Gasteiger partial charge in [0.15, 0.2) is 0 Å². The Labute approximate surface area is 126 Å². The summed E-state index contributed by atoms with van der Waals surface area (Å²) in [4.78, 5) is 23.6. The molecule has 0 saturated heterocycles. The minimum absolute atomic E-state index is 0.318. The van der Waals surface area contributed by atoms with Crippen molar-refractivity contribution < 1.29 is 14.3 Å².